The highest BCUT2D eigenvalue weighted by atomic mass is 16.5. The molecule has 0 saturated carbocycles. The second-order valence-corrected chi connectivity index (χ2v) is 3.35. The maximum Gasteiger partial charge on any atom is 0.0730 e. The van der Waals surface area contributed by atoms with Crippen molar-refractivity contribution >= 4 is 0 Å². The van der Waals surface area contributed by atoms with E-state index in [2.05, 4.69) is 5.32 Å². The van der Waals surface area contributed by atoms with Crippen molar-refractivity contribution in [3.63, 3.8) is 0 Å². The van der Waals surface area contributed by atoms with Crippen LogP contribution < -0.4 is 5.32 Å². The molecule has 0 aliphatic heterocycles. The lowest BCUT2D eigenvalue weighted by molar-refractivity contribution is -0.0767. The van der Waals surface area contributed by atoms with E-state index < -0.39 is 0 Å². The third-order valence-electron chi connectivity index (χ3n) is 1.52. The van der Waals surface area contributed by atoms with Gasteiger partial charge in [0.2, 0.25) is 0 Å². The second-order valence-electron chi connectivity index (χ2n) is 3.35. The topological polar surface area (TPSA) is 55.7 Å². The molecule has 0 aliphatic rings. The maximum atomic E-state index is 8.79. The molecule has 0 aromatic carbocycles. The number of rotatable bonds is 5. The smallest absolute Gasteiger partial charge is 0.0730 e. The summed E-state index contributed by atoms with van der Waals surface area (Å²) in [5, 5.41) is 21.6. The van der Waals surface area contributed by atoms with Crippen molar-refractivity contribution in [1.82, 2.24) is 10.4 Å². The van der Waals surface area contributed by atoms with E-state index in [9.17, 15) is 0 Å². The van der Waals surface area contributed by atoms with E-state index in [0.717, 1.165) is 5.06 Å². The van der Waals surface area contributed by atoms with Crippen molar-refractivity contribution in [1.29, 1.82) is 0 Å². The summed E-state index contributed by atoms with van der Waals surface area (Å²) in [5.74, 6) is 0. The molecular formula is C7H18N2O2. The average molecular weight is 162 g/mol. The molecule has 4 nitrogen and oxygen atoms in total. The van der Waals surface area contributed by atoms with Crippen molar-refractivity contribution in [2.45, 2.75) is 25.8 Å². The Hall–Kier alpha value is -0.160. The van der Waals surface area contributed by atoms with Gasteiger partial charge in [0, 0.05) is 19.2 Å². The molecule has 4 heteroatoms. The molecule has 3 N–H and O–H groups in total. The summed E-state index contributed by atoms with van der Waals surface area (Å²) in [6.45, 7) is 4.53. The van der Waals surface area contributed by atoms with Gasteiger partial charge in [-0.15, -0.1) is 0 Å². The summed E-state index contributed by atoms with van der Waals surface area (Å²) in [6.07, 6.45) is 0.681. The van der Waals surface area contributed by atoms with Gasteiger partial charge in [-0.1, -0.05) is 0 Å². The molecule has 0 aromatic rings. The number of nitrogens with zero attached hydrogens (tertiary/aromatic N) is 1. The van der Waals surface area contributed by atoms with E-state index in [0.29, 0.717) is 13.1 Å². The second kappa shape index (κ2) is 4.66. The molecule has 0 fully saturated rings. The lowest BCUT2D eigenvalue weighted by atomic mass is 10.0. The summed E-state index contributed by atoms with van der Waals surface area (Å²) in [6, 6.07) is 0. The van der Waals surface area contributed by atoms with E-state index in [1.165, 1.54) is 0 Å². The largest absolute Gasteiger partial charge is 0.396 e. The quantitative estimate of drug-likeness (QED) is 0.394. The Bertz CT molecular complexity index is 105. The predicted octanol–water partition coefficient (Wildman–Crippen LogP) is 0.0155. The van der Waals surface area contributed by atoms with Crippen LogP contribution in [-0.2, 0) is 0 Å². The Labute approximate surface area is 67.8 Å². The highest BCUT2D eigenvalue weighted by Gasteiger charge is 2.15. The lowest BCUT2D eigenvalue weighted by Crippen LogP contribution is -2.44. The molecule has 0 bridgehead atoms. The molecule has 0 rings (SSSR count). The van der Waals surface area contributed by atoms with Crippen LogP contribution in [0.1, 0.15) is 20.3 Å². The van der Waals surface area contributed by atoms with Crippen LogP contribution in [-0.4, -0.2) is 41.2 Å². The molecule has 0 unspecified atom stereocenters. The third-order valence-corrected chi connectivity index (χ3v) is 1.52. The van der Waals surface area contributed by atoms with Crippen LogP contribution in [0.4, 0.5) is 0 Å². The van der Waals surface area contributed by atoms with Crippen LogP contribution >= 0.6 is 0 Å². The van der Waals surface area contributed by atoms with Crippen molar-refractivity contribution in [2.24, 2.45) is 0 Å². The number of nitrogens with one attached hydrogen (secondary N) is 1. The Kier molecular flexibility index (Phi) is 4.60. The Morgan fingerprint density at radius 1 is 1.45 bits per heavy atom. The first-order valence-corrected chi connectivity index (χ1v) is 3.74. The standard InChI is InChI=1S/C7H18N2O2/c1-7(2,4-5-10)8-6-9(3)11/h8,10-11H,4-6H2,1-3H3. The molecule has 0 aliphatic carbocycles. The van der Waals surface area contributed by atoms with Gasteiger partial charge in [0.05, 0.1) is 6.67 Å². The molecule has 11 heavy (non-hydrogen) atoms. The lowest BCUT2D eigenvalue weighted by Gasteiger charge is -2.26. The van der Waals surface area contributed by atoms with Crippen LogP contribution in [0.3, 0.4) is 0 Å². The minimum absolute atomic E-state index is 0.119. The van der Waals surface area contributed by atoms with Crippen molar-refractivity contribution < 1.29 is 10.3 Å². The average Bonchev–Trinajstić information content (AvgIpc) is 1.84. The van der Waals surface area contributed by atoms with Crippen LogP contribution in [0.5, 0.6) is 0 Å². The third kappa shape index (κ3) is 6.25. The maximum absolute atomic E-state index is 8.79. The number of aliphatic hydroxyl groups excluding tert-OH is 1. The monoisotopic (exact) mass is 162 g/mol. The molecule has 68 valence electrons. The van der Waals surface area contributed by atoms with Gasteiger partial charge in [-0.3, -0.25) is 5.32 Å². The summed E-state index contributed by atoms with van der Waals surface area (Å²) in [4.78, 5) is 0. The number of hydroxylamine groups is 2. The molecule has 0 amide bonds. The minimum atomic E-state index is -0.119. The molecular weight excluding hydrogens is 144 g/mol. The van der Waals surface area contributed by atoms with Gasteiger partial charge in [0.15, 0.2) is 0 Å². The summed E-state index contributed by atoms with van der Waals surface area (Å²) in [7, 11) is 1.57. The number of hydrogen-bond donors (Lipinski definition) is 3. The van der Waals surface area contributed by atoms with Crippen LogP contribution in [0.2, 0.25) is 0 Å². The highest BCUT2D eigenvalue weighted by Crippen LogP contribution is 2.05. The minimum Gasteiger partial charge on any atom is -0.396 e. The van der Waals surface area contributed by atoms with Gasteiger partial charge < -0.3 is 10.3 Å². The first-order valence-electron chi connectivity index (χ1n) is 3.74. The zero-order chi connectivity index (χ0) is 8.91. The van der Waals surface area contributed by atoms with Gasteiger partial charge in [-0.2, -0.15) is 5.06 Å². The fourth-order valence-electron chi connectivity index (χ4n) is 0.696. The van der Waals surface area contributed by atoms with Crippen molar-refractivity contribution in [3.05, 3.63) is 0 Å². The molecule has 0 radical (unpaired) electrons. The zero-order valence-electron chi connectivity index (χ0n) is 7.46. The van der Waals surface area contributed by atoms with Gasteiger partial charge in [0.1, 0.15) is 0 Å². The van der Waals surface area contributed by atoms with E-state index in [1.807, 2.05) is 13.8 Å². The molecule has 0 spiro atoms. The molecule has 0 saturated heterocycles. The van der Waals surface area contributed by atoms with Gasteiger partial charge in [-0.05, 0) is 20.3 Å². The highest BCUT2D eigenvalue weighted by molar-refractivity contribution is 4.75. The fraction of sp³-hybridized carbons (Fsp3) is 1.00. The van der Waals surface area contributed by atoms with Crippen LogP contribution in [0.25, 0.3) is 0 Å². The molecule has 0 heterocycles. The van der Waals surface area contributed by atoms with Gasteiger partial charge in [-0.25, -0.2) is 0 Å². The van der Waals surface area contributed by atoms with Gasteiger partial charge >= 0.3 is 0 Å². The van der Waals surface area contributed by atoms with Crippen molar-refractivity contribution in [2.75, 3.05) is 20.3 Å². The first-order chi connectivity index (χ1) is 4.98. The zero-order valence-corrected chi connectivity index (χ0v) is 7.46. The fourth-order valence-corrected chi connectivity index (χ4v) is 0.696. The van der Waals surface area contributed by atoms with Gasteiger partial charge in [0.25, 0.3) is 0 Å². The van der Waals surface area contributed by atoms with Crippen molar-refractivity contribution in [3.8, 4) is 0 Å². The SMILES string of the molecule is CN(O)CNC(C)(C)CCO. The Morgan fingerprint density at radius 2 is 2.00 bits per heavy atom. The number of aliphatic hydroxyl groups is 1. The normalized spacial score (nSPS) is 12.5. The Balaban J connectivity index is 3.54. The van der Waals surface area contributed by atoms with E-state index >= 15 is 0 Å². The summed E-state index contributed by atoms with van der Waals surface area (Å²) in [5.41, 5.74) is -0.119. The van der Waals surface area contributed by atoms with Crippen LogP contribution in [0.15, 0.2) is 0 Å². The summed E-state index contributed by atoms with van der Waals surface area (Å²) < 4.78 is 0. The summed E-state index contributed by atoms with van der Waals surface area (Å²) >= 11 is 0. The number of hydrogen-bond acceptors (Lipinski definition) is 4. The van der Waals surface area contributed by atoms with E-state index in [-0.39, 0.29) is 12.1 Å². The molecule has 0 aromatic heterocycles. The first kappa shape index (κ1) is 10.8. The van der Waals surface area contributed by atoms with E-state index in [1.54, 1.807) is 7.05 Å². The Morgan fingerprint density at radius 3 is 2.36 bits per heavy atom. The van der Waals surface area contributed by atoms with Crippen LogP contribution in [0, 0.1) is 0 Å². The van der Waals surface area contributed by atoms with E-state index in [4.69, 9.17) is 10.3 Å². The predicted molar refractivity (Wildman–Crippen MR) is 43.3 cm³/mol. The molecule has 0 atom stereocenters.